The van der Waals surface area contributed by atoms with E-state index >= 15 is 0 Å². The molecule has 0 atom stereocenters. The number of hydrogen-bond donors (Lipinski definition) is 3. The zero-order valence-corrected chi connectivity index (χ0v) is 9.01. The summed E-state index contributed by atoms with van der Waals surface area (Å²) in [4.78, 5) is 18.2. The molecular formula is C11H11NO5. The number of para-hydroxylation sites is 2. The number of rotatable bonds is 0. The Bertz CT molecular complexity index is 455. The van der Waals surface area contributed by atoms with Gasteiger partial charge in [0.25, 0.3) is 0 Å². The first-order chi connectivity index (χ1) is 8.00. The summed E-state index contributed by atoms with van der Waals surface area (Å²) in [5.74, 6) is -1.86. The molecule has 0 radical (unpaired) electrons. The van der Waals surface area contributed by atoms with Crippen LogP contribution in [-0.4, -0.2) is 22.2 Å². The van der Waals surface area contributed by atoms with Crippen molar-refractivity contribution in [3.63, 3.8) is 0 Å². The van der Waals surface area contributed by atoms with Crippen LogP contribution in [0.1, 0.15) is 6.92 Å². The monoisotopic (exact) mass is 237 g/mol. The molecule has 0 aromatic heterocycles. The van der Waals surface area contributed by atoms with Gasteiger partial charge in [-0.05, 0) is 19.1 Å². The first-order valence-electron chi connectivity index (χ1n) is 4.67. The zero-order chi connectivity index (χ0) is 12.8. The average Bonchev–Trinajstić information content (AvgIpc) is 2.29. The van der Waals surface area contributed by atoms with Crippen LogP contribution >= 0.6 is 0 Å². The number of nitrogens with one attached hydrogen (secondary N) is 1. The number of anilines is 1. The molecule has 17 heavy (non-hydrogen) atoms. The summed E-state index contributed by atoms with van der Waals surface area (Å²) in [7, 11) is 0. The molecule has 1 aromatic rings. The quantitative estimate of drug-likeness (QED) is 0.592. The molecule has 0 spiro atoms. The van der Waals surface area contributed by atoms with Crippen LogP contribution in [0.4, 0.5) is 5.69 Å². The van der Waals surface area contributed by atoms with E-state index in [0.29, 0.717) is 0 Å². The number of hydrogen-bond acceptors (Lipinski definition) is 4. The van der Waals surface area contributed by atoms with Crippen LogP contribution in [-0.2, 0) is 9.59 Å². The lowest BCUT2D eigenvalue weighted by atomic mass is 10.3. The van der Waals surface area contributed by atoms with Gasteiger partial charge in [-0.2, -0.15) is 0 Å². The summed E-state index contributed by atoms with van der Waals surface area (Å²) in [6.07, 6.45) is 1.85. The van der Waals surface area contributed by atoms with E-state index in [-0.39, 0.29) is 0 Å². The molecule has 1 aromatic carbocycles. The minimum atomic E-state index is -1.82. The molecule has 6 heteroatoms. The number of allylic oxidation sites excluding steroid dienone is 1. The standard InChI is InChI=1S/C9H9NO.C2H2O4/c1-7-6-10-8-4-2-3-5-9(8)11-7;3-1(4)2(5)6/h2-6,10H,1H3;(H,3,4)(H,5,6). The van der Waals surface area contributed by atoms with Crippen molar-refractivity contribution < 1.29 is 24.5 Å². The molecule has 0 saturated carbocycles. The summed E-state index contributed by atoms with van der Waals surface area (Å²) < 4.78 is 5.43. The fraction of sp³-hybridized carbons (Fsp3) is 0.0909. The molecule has 90 valence electrons. The van der Waals surface area contributed by atoms with Gasteiger partial charge in [-0.25, -0.2) is 9.59 Å². The Balaban J connectivity index is 0.000000209. The molecule has 0 fully saturated rings. The number of carboxylic acid groups (broad SMARTS) is 2. The fourth-order valence-corrected chi connectivity index (χ4v) is 1.06. The van der Waals surface area contributed by atoms with Crippen molar-refractivity contribution in [2.24, 2.45) is 0 Å². The lowest BCUT2D eigenvalue weighted by molar-refractivity contribution is -0.159. The molecule has 1 aliphatic rings. The van der Waals surface area contributed by atoms with Crippen LogP contribution < -0.4 is 10.1 Å². The van der Waals surface area contributed by atoms with Gasteiger partial charge in [0.2, 0.25) is 0 Å². The summed E-state index contributed by atoms with van der Waals surface area (Å²) in [5, 5.41) is 17.9. The normalized spacial score (nSPS) is 11.7. The number of ether oxygens (including phenoxy) is 1. The smallest absolute Gasteiger partial charge is 0.414 e. The summed E-state index contributed by atoms with van der Waals surface area (Å²) >= 11 is 0. The number of benzene rings is 1. The van der Waals surface area contributed by atoms with Crippen LogP contribution in [0.2, 0.25) is 0 Å². The maximum atomic E-state index is 9.10. The Morgan fingerprint density at radius 3 is 2.35 bits per heavy atom. The van der Waals surface area contributed by atoms with Crippen molar-refractivity contribution in [2.45, 2.75) is 6.92 Å². The van der Waals surface area contributed by atoms with Crippen molar-refractivity contribution >= 4 is 17.6 Å². The fourth-order valence-electron chi connectivity index (χ4n) is 1.06. The Hall–Kier alpha value is -2.50. The van der Waals surface area contributed by atoms with E-state index < -0.39 is 11.9 Å². The van der Waals surface area contributed by atoms with E-state index in [9.17, 15) is 0 Å². The highest BCUT2D eigenvalue weighted by Gasteiger charge is 2.06. The maximum absolute atomic E-state index is 9.10. The van der Waals surface area contributed by atoms with Gasteiger partial charge < -0.3 is 20.3 Å². The number of fused-ring (bicyclic) bond motifs is 1. The molecule has 1 aliphatic heterocycles. The van der Waals surface area contributed by atoms with Gasteiger partial charge in [-0.1, -0.05) is 12.1 Å². The Labute approximate surface area is 97.1 Å². The third-order valence-corrected chi connectivity index (χ3v) is 1.77. The molecule has 2 rings (SSSR count). The molecule has 0 aliphatic carbocycles. The highest BCUT2D eigenvalue weighted by atomic mass is 16.5. The van der Waals surface area contributed by atoms with E-state index in [4.69, 9.17) is 24.5 Å². The summed E-state index contributed by atoms with van der Waals surface area (Å²) in [6, 6.07) is 7.86. The molecule has 1 heterocycles. The largest absolute Gasteiger partial charge is 0.473 e. The van der Waals surface area contributed by atoms with Gasteiger partial charge in [0.15, 0.2) is 0 Å². The van der Waals surface area contributed by atoms with E-state index in [2.05, 4.69) is 5.32 Å². The lowest BCUT2D eigenvalue weighted by Crippen LogP contribution is -2.09. The number of aliphatic carboxylic acids is 2. The summed E-state index contributed by atoms with van der Waals surface area (Å²) in [5.41, 5.74) is 1.03. The predicted octanol–water partition coefficient (Wildman–Crippen LogP) is 1.51. The van der Waals surface area contributed by atoms with E-state index in [1.807, 2.05) is 37.4 Å². The number of carbonyl (C=O) groups is 2. The van der Waals surface area contributed by atoms with Gasteiger partial charge in [-0.3, -0.25) is 0 Å². The topological polar surface area (TPSA) is 95.9 Å². The minimum absolute atomic E-state index is 0.892. The highest BCUT2D eigenvalue weighted by Crippen LogP contribution is 2.28. The molecule has 0 bridgehead atoms. The van der Waals surface area contributed by atoms with E-state index in [0.717, 1.165) is 17.2 Å². The molecule has 0 saturated heterocycles. The zero-order valence-electron chi connectivity index (χ0n) is 9.01. The van der Waals surface area contributed by atoms with Crippen molar-refractivity contribution in [1.82, 2.24) is 0 Å². The molecule has 0 unspecified atom stereocenters. The SMILES string of the molecule is CC1=CNc2ccccc2O1.O=C(O)C(=O)O. The first kappa shape index (κ1) is 12.6. The van der Waals surface area contributed by atoms with Gasteiger partial charge in [0.05, 0.1) is 5.69 Å². The first-order valence-corrected chi connectivity index (χ1v) is 4.67. The van der Waals surface area contributed by atoms with Gasteiger partial charge in [0.1, 0.15) is 11.5 Å². The van der Waals surface area contributed by atoms with Crippen molar-refractivity contribution in [3.05, 3.63) is 36.2 Å². The van der Waals surface area contributed by atoms with Gasteiger partial charge in [0, 0.05) is 6.20 Å². The predicted molar refractivity (Wildman–Crippen MR) is 59.7 cm³/mol. The van der Waals surface area contributed by atoms with Crippen molar-refractivity contribution in [2.75, 3.05) is 5.32 Å². The molecule has 3 N–H and O–H groups in total. The van der Waals surface area contributed by atoms with E-state index in [1.165, 1.54) is 0 Å². The highest BCUT2D eigenvalue weighted by molar-refractivity contribution is 6.27. The third kappa shape index (κ3) is 3.86. The van der Waals surface area contributed by atoms with Crippen LogP contribution in [0.3, 0.4) is 0 Å². The Kier molecular flexibility index (Phi) is 4.10. The summed E-state index contributed by atoms with van der Waals surface area (Å²) in [6.45, 7) is 1.92. The van der Waals surface area contributed by atoms with Crippen LogP contribution in [0.25, 0.3) is 0 Å². The van der Waals surface area contributed by atoms with Crippen molar-refractivity contribution in [1.29, 1.82) is 0 Å². The van der Waals surface area contributed by atoms with Gasteiger partial charge >= 0.3 is 11.9 Å². The van der Waals surface area contributed by atoms with Gasteiger partial charge in [-0.15, -0.1) is 0 Å². The number of carboxylic acids is 2. The van der Waals surface area contributed by atoms with Crippen LogP contribution in [0, 0.1) is 0 Å². The second-order valence-corrected chi connectivity index (χ2v) is 3.11. The van der Waals surface area contributed by atoms with E-state index in [1.54, 1.807) is 0 Å². The molecular weight excluding hydrogens is 226 g/mol. The second kappa shape index (κ2) is 5.55. The van der Waals surface area contributed by atoms with Crippen LogP contribution in [0.15, 0.2) is 36.2 Å². The Morgan fingerprint density at radius 2 is 1.76 bits per heavy atom. The average molecular weight is 237 g/mol. The molecule has 6 nitrogen and oxygen atoms in total. The van der Waals surface area contributed by atoms with Crippen LogP contribution in [0.5, 0.6) is 5.75 Å². The second-order valence-electron chi connectivity index (χ2n) is 3.11. The molecule has 0 amide bonds. The maximum Gasteiger partial charge on any atom is 0.414 e. The van der Waals surface area contributed by atoms with Crippen molar-refractivity contribution in [3.8, 4) is 5.75 Å². The minimum Gasteiger partial charge on any atom is -0.473 e. The Morgan fingerprint density at radius 1 is 1.18 bits per heavy atom. The third-order valence-electron chi connectivity index (χ3n) is 1.77. The lowest BCUT2D eigenvalue weighted by Gasteiger charge is -2.16.